The number of hydrogen-bond acceptors (Lipinski definition) is 7. The summed E-state index contributed by atoms with van der Waals surface area (Å²) in [6, 6.07) is 4.05. The molecule has 1 aliphatic rings. The number of rotatable bonds is 8. The Morgan fingerprint density at radius 1 is 1.13 bits per heavy atom. The Balaban J connectivity index is 0.00000172. The highest BCUT2D eigenvalue weighted by atomic mass is 15.1. The van der Waals surface area contributed by atoms with Crippen molar-refractivity contribution in [1.29, 1.82) is 0 Å². The zero-order valence-electron chi connectivity index (χ0n) is 23.6. The Morgan fingerprint density at radius 2 is 1.95 bits per heavy atom. The molecule has 0 fully saturated rings. The lowest BCUT2D eigenvalue weighted by Gasteiger charge is -2.14. The minimum absolute atomic E-state index is 0.715. The van der Waals surface area contributed by atoms with Crippen molar-refractivity contribution in [3.8, 4) is 22.8 Å². The average molecular weight is 524 g/mol. The predicted molar refractivity (Wildman–Crippen MR) is 161 cm³/mol. The summed E-state index contributed by atoms with van der Waals surface area (Å²) in [7, 11) is 4.02. The summed E-state index contributed by atoms with van der Waals surface area (Å²) in [4.78, 5) is 24.3. The molecule has 9 nitrogen and oxygen atoms in total. The molecule has 202 valence electrons. The summed E-state index contributed by atoms with van der Waals surface area (Å²) >= 11 is 0. The second kappa shape index (κ2) is 12.4. The number of imidazole rings is 1. The topological polar surface area (TPSA) is 111 Å². The van der Waals surface area contributed by atoms with Crippen LogP contribution in [0.2, 0.25) is 0 Å². The lowest BCUT2D eigenvalue weighted by molar-refractivity contribution is 0.447. The van der Waals surface area contributed by atoms with Gasteiger partial charge in [0.1, 0.15) is 11.4 Å². The SMILES string of the molecule is C=C(CN(C)C)Nc1cncc(-c2cc3c(-c4nc5c([nH]4)CCN=C5C(/C=C\C)=C/C)n[nH]c3cn2)c1.CC. The van der Waals surface area contributed by atoms with Crippen LogP contribution in [0.3, 0.4) is 0 Å². The fraction of sp³-hybridized carbons (Fsp3) is 0.300. The average Bonchev–Trinajstić information content (AvgIpc) is 3.56. The van der Waals surface area contributed by atoms with Gasteiger partial charge in [-0.1, -0.05) is 38.7 Å². The third-order valence-electron chi connectivity index (χ3n) is 6.10. The van der Waals surface area contributed by atoms with Crippen LogP contribution in [0.4, 0.5) is 5.69 Å². The first-order valence-electron chi connectivity index (χ1n) is 13.3. The van der Waals surface area contributed by atoms with Crippen molar-refractivity contribution in [2.75, 3.05) is 32.5 Å². The number of fused-ring (bicyclic) bond motifs is 2. The van der Waals surface area contributed by atoms with E-state index in [9.17, 15) is 0 Å². The number of nitrogens with zero attached hydrogens (tertiary/aromatic N) is 6. The normalized spacial score (nSPS) is 13.3. The Morgan fingerprint density at radius 3 is 2.69 bits per heavy atom. The molecular formula is C30H37N9. The highest BCUT2D eigenvalue weighted by Gasteiger charge is 2.23. The van der Waals surface area contributed by atoms with Gasteiger partial charge in [-0.3, -0.25) is 20.1 Å². The van der Waals surface area contributed by atoms with E-state index in [1.54, 1.807) is 12.4 Å². The standard InChI is InChI=1S/C28H31N9.C2H6/c1-6-8-18(7-2)25-27-22(9-10-30-25)33-28(34-27)26-21-12-23(31-15-24(21)35-36-26)19-11-20(14-29-13-19)32-17(3)16-37(4)5;1-2/h6-8,11-15,32H,3,9-10,16H2,1-2,4-5H3,(H,33,34)(H,35,36);1-2H3/b8-6-,18-7+;. The number of aromatic nitrogens is 6. The van der Waals surface area contributed by atoms with E-state index in [1.165, 1.54) is 0 Å². The van der Waals surface area contributed by atoms with Crippen LogP contribution in [0.15, 0.2) is 71.8 Å². The molecule has 0 radical (unpaired) electrons. The fourth-order valence-corrected chi connectivity index (χ4v) is 4.50. The van der Waals surface area contributed by atoms with Crippen LogP contribution in [-0.4, -0.2) is 67.9 Å². The summed E-state index contributed by atoms with van der Waals surface area (Å²) < 4.78 is 0. The zero-order chi connectivity index (χ0) is 27.9. The molecule has 9 heteroatoms. The van der Waals surface area contributed by atoms with E-state index in [0.29, 0.717) is 5.82 Å². The van der Waals surface area contributed by atoms with E-state index in [0.717, 1.165) is 81.4 Å². The van der Waals surface area contributed by atoms with Gasteiger partial charge >= 0.3 is 0 Å². The Bertz CT molecular complexity index is 1550. The number of pyridine rings is 2. The molecule has 0 unspecified atom stereocenters. The molecule has 0 saturated carbocycles. The number of likely N-dealkylation sites (N-methyl/N-ethyl adjacent to an activating group) is 1. The molecule has 0 spiro atoms. The van der Waals surface area contributed by atoms with Gasteiger partial charge in [0.25, 0.3) is 0 Å². The molecule has 5 heterocycles. The first kappa shape index (κ1) is 27.7. The van der Waals surface area contributed by atoms with Gasteiger partial charge in [0.15, 0.2) is 5.82 Å². The van der Waals surface area contributed by atoms with Crippen molar-refractivity contribution >= 4 is 22.3 Å². The van der Waals surface area contributed by atoms with Crippen LogP contribution >= 0.6 is 0 Å². The largest absolute Gasteiger partial charge is 0.357 e. The molecule has 0 saturated heterocycles. The maximum atomic E-state index is 4.95. The number of aliphatic imine (C=N–C) groups is 1. The molecule has 4 aromatic heterocycles. The molecule has 4 aromatic rings. The molecule has 0 atom stereocenters. The van der Waals surface area contributed by atoms with Gasteiger partial charge in [-0.25, -0.2) is 4.98 Å². The maximum absolute atomic E-state index is 4.95. The summed E-state index contributed by atoms with van der Waals surface area (Å²) in [6.07, 6.45) is 12.4. The fourth-order valence-electron chi connectivity index (χ4n) is 4.50. The van der Waals surface area contributed by atoms with Crippen molar-refractivity contribution in [3.05, 3.63) is 78.2 Å². The summed E-state index contributed by atoms with van der Waals surface area (Å²) in [5.74, 6) is 0.715. The van der Waals surface area contributed by atoms with Gasteiger partial charge in [0.05, 0.1) is 35.0 Å². The number of allylic oxidation sites excluding steroid dienone is 4. The van der Waals surface area contributed by atoms with Crippen LogP contribution in [0.5, 0.6) is 0 Å². The van der Waals surface area contributed by atoms with Gasteiger partial charge in [-0.2, -0.15) is 5.10 Å². The van der Waals surface area contributed by atoms with Gasteiger partial charge in [0, 0.05) is 48.0 Å². The minimum atomic E-state index is 0.715. The molecule has 0 amide bonds. The molecule has 39 heavy (non-hydrogen) atoms. The summed E-state index contributed by atoms with van der Waals surface area (Å²) in [5.41, 5.74) is 8.99. The van der Waals surface area contributed by atoms with Crippen LogP contribution < -0.4 is 5.32 Å². The summed E-state index contributed by atoms with van der Waals surface area (Å²) in [5, 5.41) is 11.9. The van der Waals surface area contributed by atoms with Crippen LogP contribution in [0.25, 0.3) is 33.7 Å². The Kier molecular flexibility index (Phi) is 8.83. The van der Waals surface area contributed by atoms with E-state index >= 15 is 0 Å². The first-order valence-corrected chi connectivity index (χ1v) is 13.3. The molecular weight excluding hydrogens is 486 g/mol. The number of aromatic amines is 2. The van der Waals surface area contributed by atoms with Gasteiger partial charge < -0.3 is 15.2 Å². The van der Waals surface area contributed by atoms with Crippen molar-refractivity contribution in [3.63, 3.8) is 0 Å². The highest BCUT2D eigenvalue weighted by molar-refractivity contribution is 6.14. The van der Waals surface area contributed by atoms with Crippen molar-refractivity contribution in [2.45, 2.75) is 34.1 Å². The third-order valence-corrected chi connectivity index (χ3v) is 6.10. The number of H-pyrrole nitrogens is 2. The van der Waals surface area contributed by atoms with Crippen molar-refractivity contribution < 1.29 is 0 Å². The number of hydrogen-bond donors (Lipinski definition) is 3. The number of anilines is 1. The van der Waals surface area contributed by atoms with Crippen molar-refractivity contribution in [1.82, 2.24) is 35.0 Å². The maximum Gasteiger partial charge on any atom is 0.159 e. The smallest absolute Gasteiger partial charge is 0.159 e. The lowest BCUT2D eigenvalue weighted by atomic mass is 10.0. The van der Waals surface area contributed by atoms with E-state index in [-0.39, 0.29) is 0 Å². The third kappa shape index (κ3) is 6.04. The van der Waals surface area contributed by atoms with E-state index in [1.807, 2.05) is 66.2 Å². The van der Waals surface area contributed by atoms with E-state index in [4.69, 9.17) is 9.98 Å². The Hall–Kier alpha value is -4.37. The molecule has 0 aliphatic carbocycles. The first-order chi connectivity index (χ1) is 19.0. The molecule has 3 N–H and O–H groups in total. The molecule has 0 aromatic carbocycles. The van der Waals surface area contributed by atoms with E-state index < -0.39 is 0 Å². The van der Waals surface area contributed by atoms with Crippen LogP contribution in [-0.2, 0) is 6.42 Å². The monoisotopic (exact) mass is 523 g/mol. The molecule has 5 rings (SSSR count). The summed E-state index contributed by atoms with van der Waals surface area (Å²) in [6.45, 7) is 13.6. The number of nitrogens with one attached hydrogen (secondary N) is 3. The molecule has 0 bridgehead atoms. The van der Waals surface area contributed by atoms with Gasteiger partial charge in [-0.05, 0) is 45.6 Å². The zero-order valence-corrected chi connectivity index (χ0v) is 23.6. The highest BCUT2D eigenvalue weighted by Crippen LogP contribution is 2.30. The second-order valence-electron chi connectivity index (χ2n) is 9.25. The van der Waals surface area contributed by atoms with Crippen molar-refractivity contribution in [2.24, 2.45) is 4.99 Å². The van der Waals surface area contributed by atoms with E-state index in [2.05, 4.69) is 54.1 Å². The van der Waals surface area contributed by atoms with Gasteiger partial charge in [-0.15, -0.1) is 0 Å². The minimum Gasteiger partial charge on any atom is -0.357 e. The second-order valence-corrected chi connectivity index (χ2v) is 9.25. The lowest BCUT2D eigenvalue weighted by Crippen LogP contribution is -2.18. The predicted octanol–water partition coefficient (Wildman–Crippen LogP) is 5.79. The van der Waals surface area contributed by atoms with Crippen LogP contribution in [0.1, 0.15) is 39.1 Å². The quantitative estimate of drug-likeness (QED) is 0.252. The van der Waals surface area contributed by atoms with Crippen LogP contribution in [0, 0.1) is 0 Å². The van der Waals surface area contributed by atoms with Gasteiger partial charge in [0.2, 0.25) is 0 Å². The Labute approximate surface area is 229 Å². The molecule has 1 aliphatic heterocycles.